The van der Waals surface area contributed by atoms with E-state index in [1.807, 2.05) is 6.07 Å². The summed E-state index contributed by atoms with van der Waals surface area (Å²) in [5.74, 6) is 1.86. The molecule has 3 aliphatic rings. The minimum atomic E-state index is 0.0613. The van der Waals surface area contributed by atoms with Crippen LogP contribution < -0.4 is 0 Å². The summed E-state index contributed by atoms with van der Waals surface area (Å²) in [4.78, 5) is 0. The number of rotatable bonds is 0. The van der Waals surface area contributed by atoms with Crippen LogP contribution in [0.3, 0.4) is 0 Å². The maximum absolute atomic E-state index is 10.5. The second kappa shape index (κ2) is 4.46. The van der Waals surface area contributed by atoms with Gasteiger partial charge in [0.25, 0.3) is 0 Å². The van der Waals surface area contributed by atoms with E-state index in [2.05, 4.69) is 27.7 Å². The summed E-state index contributed by atoms with van der Waals surface area (Å²) >= 11 is 0. The first-order valence-corrected chi connectivity index (χ1v) is 9.24. The Hall–Kier alpha value is -1.18. The van der Waals surface area contributed by atoms with Crippen LogP contribution in [0.4, 0.5) is 0 Å². The normalized spacial score (nSPS) is 41.0. The van der Waals surface area contributed by atoms with Crippen LogP contribution in [0.25, 0.3) is 0 Å². The molecule has 2 fully saturated rings. The van der Waals surface area contributed by atoms with Crippen molar-refractivity contribution in [3.05, 3.63) is 23.3 Å². The molecule has 2 nitrogen and oxygen atoms in total. The van der Waals surface area contributed by atoms with E-state index in [1.54, 1.807) is 0 Å². The summed E-state index contributed by atoms with van der Waals surface area (Å²) in [6, 6.07) is 3.43. The fraction of sp³-hybridized carbons (Fsp3) is 0.714. The summed E-state index contributed by atoms with van der Waals surface area (Å²) in [6.45, 7) is 9.80. The van der Waals surface area contributed by atoms with Crippen molar-refractivity contribution in [3.63, 3.8) is 0 Å². The van der Waals surface area contributed by atoms with Gasteiger partial charge in [0.1, 0.15) is 11.5 Å². The third-order valence-corrected chi connectivity index (χ3v) is 7.97. The maximum atomic E-state index is 10.5. The summed E-state index contributed by atoms with van der Waals surface area (Å²) in [7, 11) is 0. The van der Waals surface area contributed by atoms with Gasteiger partial charge in [0.2, 0.25) is 0 Å². The molecule has 0 unspecified atom stereocenters. The van der Waals surface area contributed by atoms with Gasteiger partial charge < -0.3 is 10.2 Å². The molecule has 4 atom stereocenters. The second-order valence-electron chi connectivity index (χ2n) is 9.61. The molecule has 1 aromatic carbocycles. The molecule has 2 saturated carbocycles. The lowest BCUT2D eigenvalue weighted by Gasteiger charge is -2.61. The van der Waals surface area contributed by atoms with Crippen molar-refractivity contribution >= 4 is 0 Å². The lowest BCUT2D eigenvalue weighted by molar-refractivity contribution is -0.0984. The molecule has 0 radical (unpaired) electrons. The zero-order chi connectivity index (χ0) is 16.6. The topological polar surface area (TPSA) is 40.5 Å². The Labute approximate surface area is 139 Å². The van der Waals surface area contributed by atoms with E-state index in [9.17, 15) is 10.2 Å². The lowest BCUT2D eigenvalue weighted by atomic mass is 9.43. The van der Waals surface area contributed by atoms with Crippen molar-refractivity contribution in [1.29, 1.82) is 0 Å². The molecule has 2 heteroatoms. The van der Waals surface area contributed by atoms with Gasteiger partial charge in [0.05, 0.1) is 0 Å². The van der Waals surface area contributed by atoms with Gasteiger partial charge in [-0.25, -0.2) is 0 Å². The van der Waals surface area contributed by atoms with E-state index in [0.717, 1.165) is 24.3 Å². The van der Waals surface area contributed by atoms with Crippen LogP contribution in [-0.4, -0.2) is 10.2 Å². The van der Waals surface area contributed by atoms with Gasteiger partial charge in [-0.05, 0) is 66.4 Å². The Balaban J connectivity index is 1.84. The standard InChI is InChI=1S/C21H30O2/c1-19(2)7-5-8-20(3)16(19)6-9-21(4)17(20)11-13-10-14(22)12-15(23)18(13)21/h10,12,16-17,22-23H,5-9,11H2,1-4H3/t16-,17+,20-,21+/m0/s1. The Bertz CT molecular complexity index is 662. The third-order valence-electron chi connectivity index (χ3n) is 7.97. The van der Waals surface area contributed by atoms with E-state index in [0.29, 0.717) is 22.5 Å². The van der Waals surface area contributed by atoms with Gasteiger partial charge in [-0.15, -0.1) is 0 Å². The first-order chi connectivity index (χ1) is 10.7. The number of hydrogen-bond acceptors (Lipinski definition) is 2. The molecule has 0 heterocycles. The number of phenols is 2. The highest BCUT2D eigenvalue weighted by Gasteiger charge is 2.61. The van der Waals surface area contributed by atoms with Crippen LogP contribution in [-0.2, 0) is 11.8 Å². The van der Waals surface area contributed by atoms with Gasteiger partial charge in [-0.3, -0.25) is 0 Å². The second-order valence-corrected chi connectivity index (χ2v) is 9.61. The third kappa shape index (κ3) is 1.87. The smallest absolute Gasteiger partial charge is 0.123 e. The monoisotopic (exact) mass is 314 g/mol. The van der Waals surface area contributed by atoms with Crippen molar-refractivity contribution in [1.82, 2.24) is 0 Å². The molecule has 0 bridgehead atoms. The number of aromatic hydroxyl groups is 2. The maximum Gasteiger partial charge on any atom is 0.123 e. The van der Waals surface area contributed by atoms with Crippen LogP contribution >= 0.6 is 0 Å². The zero-order valence-corrected chi connectivity index (χ0v) is 14.9. The molecule has 0 aromatic heterocycles. The molecule has 0 saturated heterocycles. The predicted octanol–water partition coefficient (Wildman–Crippen LogP) is 5.15. The van der Waals surface area contributed by atoms with Gasteiger partial charge in [-0.2, -0.15) is 0 Å². The van der Waals surface area contributed by atoms with Gasteiger partial charge in [0.15, 0.2) is 0 Å². The van der Waals surface area contributed by atoms with E-state index < -0.39 is 0 Å². The van der Waals surface area contributed by atoms with Crippen LogP contribution in [0.2, 0.25) is 0 Å². The van der Waals surface area contributed by atoms with E-state index in [4.69, 9.17) is 0 Å². The minimum absolute atomic E-state index is 0.0613. The van der Waals surface area contributed by atoms with Crippen LogP contribution in [0.5, 0.6) is 11.5 Å². The van der Waals surface area contributed by atoms with Crippen LogP contribution in [0.15, 0.2) is 12.1 Å². The Kier molecular flexibility index (Phi) is 2.98. The van der Waals surface area contributed by atoms with Crippen LogP contribution in [0, 0.1) is 22.7 Å². The molecule has 3 aliphatic carbocycles. The fourth-order valence-electron chi connectivity index (χ4n) is 7.12. The molecule has 0 aliphatic heterocycles. The first-order valence-electron chi connectivity index (χ1n) is 9.24. The quantitative estimate of drug-likeness (QED) is 0.695. The fourth-order valence-corrected chi connectivity index (χ4v) is 7.12. The minimum Gasteiger partial charge on any atom is -0.508 e. The highest BCUT2D eigenvalue weighted by molar-refractivity contribution is 5.54. The highest BCUT2D eigenvalue weighted by Crippen LogP contribution is 2.68. The van der Waals surface area contributed by atoms with Crippen LogP contribution in [0.1, 0.15) is 70.9 Å². The molecule has 1 aromatic rings. The van der Waals surface area contributed by atoms with Gasteiger partial charge >= 0.3 is 0 Å². The molecule has 126 valence electrons. The number of hydrogen-bond donors (Lipinski definition) is 2. The zero-order valence-electron chi connectivity index (χ0n) is 14.9. The van der Waals surface area contributed by atoms with Crippen molar-refractivity contribution in [2.75, 3.05) is 0 Å². The number of phenolic OH excluding ortho intramolecular Hbond substituents is 2. The molecular weight excluding hydrogens is 284 g/mol. The van der Waals surface area contributed by atoms with Crippen molar-refractivity contribution < 1.29 is 10.2 Å². The average Bonchev–Trinajstić information content (AvgIpc) is 2.71. The van der Waals surface area contributed by atoms with Gasteiger partial charge in [-0.1, -0.05) is 34.1 Å². The summed E-state index contributed by atoms with van der Waals surface area (Å²) in [5, 5.41) is 20.5. The SMILES string of the molecule is CC1(C)CCC[C@]2(C)[C@H]3Cc4cc(O)cc(O)c4[C@]3(C)CC[C@@H]12. The molecular formula is C21H30O2. The molecule has 0 amide bonds. The number of fused-ring (bicyclic) bond motifs is 5. The molecule has 23 heavy (non-hydrogen) atoms. The van der Waals surface area contributed by atoms with Gasteiger partial charge in [0, 0.05) is 17.0 Å². The molecule has 0 spiro atoms. The molecule has 2 N–H and O–H groups in total. The Morgan fingerprint density at radius 3 is 2.43 bits per heavy atom. The first kappa shape index (κ1) is 15.4. The van der Waals surface area contributed by atoms with E-state index >= 15 is 0 Å². The van der Waals surface area contributed by atoms with E-state index in [1.165, 1.54) is 37.3 Å². The Morgan fingerprint density at radius 2 is 1.70 bits per heavy atom. The Morgan fingerprint density at radius 1 is 0.957 bits per heavy atom. The lowest BCUT2D eigenvalue weighted by Crippen LogP contribution is -2.55. The van der Waals surface area contributed by atoms with Crippen molar-refractivity contribution in [3.8, 4) is 11.5 Å². The van der Waals surface area contributed by atoms with E-state index in [-0.39, 0.29) is 11.2 Å². The predicted molar refractivity (Wildman–Crippen MR) is 92.8 cm³/mol. The largest absolute Gasteiger partial charge is 0.508 e. The summed E-state index contributed by atoms with van der Waals surface area (Å²) < 4.78 is 0. The number of benzene rings is 1. The molecule has 4 rings (SSSR count). The summed E-state index contributed by atoms with van der Waals surface area (Å²) in [5.41, 5.74) is 3.14. The summed E-state index contributed by atoms with van der Waals surface area (Å²) in [6.07, 6.45) is 7.40. The average molecular weight is 314 g/mol. The van der Waals surface area contributed by atoms with Crippen molar-refractivity contribution in [2.24, 2.45) is 22.7 Å². The van der Waals surface area contributed by atoms with Crippen molar-refractivity contribution in [2.45, 2.75) is 71.6 Å². The highest BCUT2D eigenvalue weighted by atomic mass is 16.3.